The van der Waals surface area contributed by atoms with E-state index in [9.17, 15) is 13.2 Å². The highest BCUT2D eigenvalue weighted by Crippen LogP contribution is 3.00. The Morgan fingerprint density at radius 2 is 1.79 bits per heavy atom. The predicted octanol–water partition coefficient (Wildman–Crippen LogP) is 5.20. The van der Waals surface area contributed by atoms with E-state index in [2.05, 4.69) is 29.4 Å². The lowest BCUT2D eigenvalue weighted by Gasteiger charge is -2.59. The van der Waals surface area contributed by atoms with E-state index in [1.54, 1.807) is 12.4 Å². The van der Waals surface area contributed by atoms with Crippen molar-refractivity contribution in [2.75, 3.05) is 18.0 Å². The summed E-state index contributed by atoms with van der Waals surface area (Å²) in [6, 6.07) is 5.87. The van der Waals surface area contributed by atoms with Gasteiger partial charge in [0.1, 0.15) is 11.6 Å². The van der Waals surface area contributed by atoms with Crippen LogP contribution in [0.1, 0.15) is 60.9 Å². The van der Waals surface area contributed by atoms with Crippen molar-refractivity contribution in [1.29, 1.82) is 0 Å². The largest absolute Gasteiger partial charge is 0.395 e. The van der Waals surface area contributed by atoms with Gasteiger partial charge < -0.3 is 4.90 Å². The predicted molar refractivity (Wildman–Crippen MR) is 137 cm³/mol. The summed E-state index contributed by atoms with van der Waals surface area (Å²) in [5.41, 5.74) is 0.831. The van der Waals surface area contributed by atoms with Gasteiger partial charge in [-0.15, -0.1) is 10.2 Å². The molecule has 3 atom stereocenters. The summed E-state index contributed by atoms with van der Waals surface area (Å²) in [7, 11) is 0. The second-order valence-electron chi connectivity index (χ2n) is 13.1. The zero-order chi connectivity index (χ0) is 26.6. The standard InChI is InChI=1S/C28H27ClF3N7/c1-16-22(34-5-4-33-16)37-14-24(15-37)7-18(8-24)23-36-35-21-10-38(9-17-6-19(29)2-3-20(17)39(21)23)27-12-25(27)11-26(25,13-27)28(30,31)32/h2-6,18H,7-15H2,1H3. The summed E-state index contributed by atoms with van der Waals surface area (Å²) >= 11 is 6.43. The topological polar surface area (TPSA) is 63.0 Å². The molecular formula is C28H27ClF3N7. The number of fused-ring (bicyclic) bond motifs is 3. The molecule has 0 N–H and O–H groups in total. The van der Waals surface area contributed by atoms with Crippen LogP contribution in [0.2, 0.25) is 5.02 Å². The fraction of sp³-hybridized carbons (Fsp3) is 0.571. The van der Waals surface area contributed by atoms with E-state index in [0.717, 1.165) is 60.3 Å². The zero-order valence-corrected chi connectivity index (χ0v) is 22.2. The molecule has 0 bridgehead atoms. The highest BCUT2D eigenvalue weighted by Gasteiger charge is 3.03. The van der Waals surface area contributed by atoms with Gasteiger partial charge in [-0.25, -0.2) is 4.98 Å². The molecular weight excluding hydrogens is 527 g/mol. The van der Waals surface area contributed by atoms with Gasteiger partial charge in [0, 0.05) is 59.3 Å². The molecule has 2 aromatic heterocycles. The highest BCUT2D eigenvalue weighted by atomic mass is 35.5. The van der Waals surface area contributed by atoms with Crippen molar-refractivity contribution < 1.29 is 13.2 Å². The van der Waals surface area contributed by atoms with Crippen molar-refractivity contribution in [3.8, 4) is 5.69 Å². The molecule has 2 spiro atoms. The minimum Gasteiger partial charge on any atom is -0.354 e. The van der Waals surface area contributed by atoms with Crippen LogP contribution in [0.15, 0.2) is 30.6 Å². The lowest BCUT2D eigenvalue weighted by atomic mass is 9.57. The third kappa shape index (κ3) is 2.66. The molecule has 4 heterocycles. The maximum absolute atomic E-state index is 13.8. The van der Waals surface area contributed by atoms with Crippen LogP contribution in [-0.4, -0.2) is 54.4 Å². The molecule has 2 aliphatic heterocycles. The number of alkyl halides is 3. The van der Waals surface area contributed by atoms with Crippen molar-refractivity contribution in [2.45, 2.75) is 69.8 Å². The number of rotatable bonds is 3. The van der Waals surface area contributed by atoms with E-state index in [0.29, 0.717) is 30.5 Å². The quantitative estimate of drug-likeness (QED) is 0.444. The molecule has 39 heavy (non-hydrogen) atoms. The van der Waals surface area contributed by atoms with Gasteiger partial charge in [0.2, 0.25) is 0 Å². The highest BCUT2D eigenvalue weighted by molar-refractivity contribution is 6.30. The van der Waals surface area contributed by atoms with E-state index in [-0.39, 0.29) is 23.8 Å². The Kier molecular flexibility index (Phi) is 4.00. The van der Waals surface area contributed by atoms with Crippen molar-refractivity contribution in [3.63, 3.8) is 0 Å². The van der Waals surface area contributed by atoms with Gasteiger partial charge in [0.15, 0.2) is 5.82 Å². The van der Waals surface area contributed by atoms with Crippen LogP contribution in [0.5, 0.6) is 0 Å². The van der Waals surface area contributed by atoms with Crippen LogP contribution in [0.3, 0.4) is 0 Å². The molecule has 4 aliphatic carbocycles. The average Bonchev–Trinajstić information content (AvgIpc) is 3.52. The number of hydrogen-bond donors (Lipinski definition) is 0. The average molecular weight is 554 g/mol. The Balaban J connectivity index is 1.000. The maximum Gasteiger partial charge on any atom is 0.395 e. The normalized spacial score (nSPS) is 33.6. The lowest BCUT2D eigenvalue weighted by Crippen LogP contribution is -2.62. The molecule has 6 aliphatic rings. The van der Waals surface area contributed by atoms with Crippen molar-refractivity contribution in [2.24, 2.45) is 16.2 Å². The number of aryl methyl sites for hydroxylation is 1. The van der Waals surface area contributed by atoms with Gasteiger partial charge in [-0.3, -0.25) is 14.5 Å². The smallest absolute Gasteiger partial charge is 0.354 e. The van der Waals surface area contributed by atoms with Gasteiger partial charge in [-0.05, 0) is 62.8 Å². The van der Waals surface area contributed by atoms with Crippen LogP contribution >= 0.6 is 11.6 Å². The molecule has 7 nitrogen and oxygen atoms in total. The van der Waals surface area contributed by atoms with E-state index in [1.165, 1.54) is 0 Å². The van der Waals surface area contributed by atoms with Gasteiger partial charge >= 0.3 is 6.18 Å². The van der Waals surface area contributed by atoms with Gasteiger partial charge in [-0.2, -0.15) is 13.2 Å². The zero-order valence-electron chi connectivity index (χ0n) is 21.5. The summed E-state index contributed by atoms with van der Waals surface area (Å²) in [5.74, 6) is 3.04. The maximum atomic E-state index is 13.8. The van der Waals surface area contributed by atoms with Crippen LogP contribution < -0.4 is 4.90 Å². The number of benzene rings is 1. The van der Waals surface area contributed by atoms with Gasteiger partial charge in [-0.1, -0.05) is 11.6 Å². The van der Waals surface area contributed by atoms with Crippen molar-refractivity contribution in [1.82, 2.24) is 29.6 Å². The number of nitrogens with zero attached hydrogens (tertiary/aromatic N) is 7. The SMILES string of the molecule is Cc1nccnc1N1CC2(CC(c3nnc4n3-c3ccc(Cl)cc3CN(C35CC6(C(F)(F)F)CC36C5)C4)C2)C1. The first-order valence-corrected chi connectivity index (χ1v) is 14.0. The Morgan fingerprint density at radius 1 is 1.00 bits per heavy atom. The molecule has 0 radical (unpaired) electrons. The fourth-order valence-electron chi connectivity index (χ4n) is 9.27. The molecule has 11 heteroatoms. The Hall–Kier alpha value is -2.72. The summed E-state index contributed by atoms with van der Waals surface area (Å²) < 4.78 is 43.7. The second kappa shape index (κ2) is 6.77. The minimum absolute atomic E-state index is 0.202. The third-order valence-corrected chi connectivity index (χ3v) is 11.4. The monoisotopic (exact) mass is 553 g/mol. The summed E-state index contributed by atoms with van der Waals surface area (Å²) in [6.07, 6.45) is 2.53. The van der Waals surface area contributed by atoms with Gasteiger partial charge in [0.25, 0.3) is 0 Å². The van der Waals surface area contributed by atoms with Crippen molar-refractivity contribution >= 4 is 17.4 Å². The summed E-state index contributed by atoms with van der Waals surface area (Å²) in [5, 5.41) is 9.96. The van der Waals surface area contributed by atoms with Gasteiger partial charge in [0.05, 0.1) is 23.3 Å². The molecule has 9 rings (SSSR count). The van der Waals surface area contributed by atoms with Crippen LogP contribution in [0.25, 0.3) is 5.69 Å². The number of anilines is 1. The molecule has 1 saturated heterocycles. The molecule has 5 fully saturated rings. The van der Waals surface area contributed by atoms with E-state index in [1.807, 2.05) is 25.1 Å². The lowest BCUT2D eigenvalue weighted by molar-refractivity contribution is -0.220. The molecule has 202 valence electrons. The number of aromatic nitrogens is 5. The third-order valence-electron chi connectivity index (χ3n) is 11.2. The van der Waals surface area contributed by atoms with Crippen LogP contribution in [0.4, 0.5) is 19.0 Å². The molecule has 3 aromatic rings. The van der Waals surface area contributed by atoms with E-state index >= 15 is 0 Å². The fourth-order valence-corrected chi connectivity index (χ4v) is 9.46. The summed E-state index contributed by atoms with van der Waals surface area (Å²) in [6.45, 7) is 5.02. The number of hydrogen-bond acceptors (Lipinski definition) is 6. The molecule has 0 amide bonds. The first kappa shape index (κ1) is 23.0. The van der Waals surface area contributed by atoms with Crippen molar-refractivity contribution in [3.05, 3.63) is 58.5 Å². The second-order valence-corrected chi connectivity index (χ2v) is 13.5. The van der Waals surface area contributed by atoms with E-state index < -0.39 is 17.0 Å². The summed E-state index contributed by atoms with van der Waals surface area (Å²) in [4.78, 5) is 13.5. The minimum atomic E-state index is -4.11. The first-order valence-electron chi connectivity index (χ1n) is 13.7. The molecule has 1 aromatic carbocycles. The number of halogens is 4. The van der Waals surface area contributed by atoms with Crippen LogP contribution in [-0.2, 0) is 13.1 Å². The Labute approximate surface area is 228 Å². The molecule has 4 saturated carbocycles. The Bertz CT molecular complexity index is 1570. The first-order chi connectivity index (χ1) is 18.6. The van der Waals surface area contributed by atoms with Crippen LogP contribution in [0, 0.1) is 23.2 Å². The molecule has 3 unspecified atom stereocenters. The Morgan fingerprint density at radius 3 is 2.51 bits per heavy atom. The van der Waals surface area contributed by atoms with E-state index in [4.69, 9.17) is 16.7 Å².